The Kier molecular flexibility index (Phi) is 7.72. The fraction of sp³-hybridized carbons (Fsp3) is 0.364. The smallest absolute Gasteiger partial charge is 0.224 e. The van der Waals surface area contributed by atoms with Crippen molar-refractivity contribution in [3.63, 3.8) is 0 Å². The van der Waals surface area contributed by atoms with Crippen molar-refractivity contribution < 1.29 is 4.79 Å². The van der Waals surface area contributed by atoms with Gasteiger partial charge < -0.3 is 4.90 Å². The second kappa shape index (κ2) is 10.3. The van der Waals surface area contributed by atoms with Crippen LogP contribution in [-0.4, -0.2) is 10.8 Å². The van der Waals surface area contributed by atoms with Crippen molar-refractivity contribution in [3.05, 3.63) is 71.8 Å². The van der Waals surface area contributed by atoms with E-state index in [9.17, 15) is 10.1 Å². The average Bonchev–Trinajstić information content (AvgIpc) is 2.66. The molecule has 2 rings (SSSR count). The van der Waals surface area contributed by atoms with Gasteiger partial charge in [0.1, 0.15) is 6.04 Å². The zero-order valence-corrected chi connectivity index (χ0v) is 14.9. The molecule has 1 atom stereocenters. The Morgan fingerprint density at radius 3 is 2.24 bits per heavy atom. The first kappa shape index (κ1) is 18.7. The molecule has 0 spiro atoms. The Bertz CT molecular complexity index is 676. The summed E-state index contributed by atoms with van der Waals surface area (Å²) < 4.78 is 0. The minimum atomic E-state index is -0.555. The van der Waals surface area contributed by atoms with Gasteiger partial charge >= 0.3 is 0 Å². The summed E-state index contributed by atoms with van der Waals surface area (Å²) in [5.41, 5.74) is 1.91. The van der Waals surface area contributed by atoms with E-state index in [2.05, 4.69) is 13.0 Å². The van der Waals surface area contributed by atoms with E-state index in [1.54, 1.807) is 4.90 Å². The van der Waals surface area contributed by atoms with Crippen LogP contribution in [0.4, 0.5) is 0 Å². The van der Waals surface area contributed by atoms with Gasteiger partial charge in [-0.3, -0.25) is 4.79 Å². The van der Waals surface area contributed by atoms with Crippen molar-refractivity contribution in [2.75, 3.05) is 0 Å². The van der Waals surface area contributed by atoms with Gasteiger partial charge in [-0.15, -0.1) is 0 Å². The third kappa shape index (κ3) is 5.76. The molecule has 1 amide bonds. The summed E-state index contributed by atoms with van der Waals surface area (Å²) in [5.74, 6) is 0.0513. The third-order valence-corrected chi connectivity index (χ3v) is 4.31. The molecular formula is C22H26N2O. The van der Waals surface area contributed by atoms with Gasteiger partial charge in [0.15, 0.2) is 0 Å². The van der Waals surface area contributed by atoms with Crippen LogP contribution >= 0.6 is 0 Å². The summed E-state index contributed by atoms with van der Waals surface area (Å²) in [7, 11) is 0. The van der Waals surface area contributed by atoms with Crippen LogP contribution in [0.25, 0.3) is 0 Å². The number of hydrogen-bond acceptors (Lipinski definition) is 2. The minimum Gasteiger partial charge on any atom is -0.318 e. The lowest BCUT2D eigenvalue weighted by molar-refractivity contribution is -0.133. The van der Waals surface area contributed by atoms with E-state index in [0.29, 0.717) is 13.0 Å². The van der Waals surface area contributed by atoms with Crippen LogP contribution in [0.5, 0.6) is 0 Å². The van der Waals surface area contributed by atoms with Gasteiger partial charge in [0.25, 0.3) is 0 Å². The lowest BCUT2D eigenvalue weighted by Crippen LogP contribution is -2.33. The van der Waals surface area contributed by atoms with Crippen LogP contribution in [0.3, 0.4) is 0 Å². The molecule has 0 saturated heterocycles. The normalized spacial score (nSPS) is 11.5. The van der Waals surface area contributed by atoms with Crippen LogP contribution in [0.15, 0.2) is 60.7 Å². The van der Waals surface area contributed by atoms with Crippen LogP contribution in [0, 0.1) is 11.3 Å². The van der Waals surface area contributed by atoms with E-state index >= 15 is 0 Å². The number of nitrogens with zero attached hydrogens (tertiary/aromatic N) is 2. The van der Waals surface area contributed by atoms with E-state index in [1.165, 1.54) is 0 Å². The molecule has 2 aromatic carbocycles. The van der Waals surface area contributed by atoms with Gasteiger partial charge in [-0.05, 0) is 17.5 Å². The minimum absolute atomic E-state index is 0.0513. The maximum atomic E-state index is 12.9. The van der Waals surface area contributed by atoms with Crippen LogP contribution in [-0.2, 0) is 11.3 Å². The van der Waals surface area contributed by atoms with E-state index in [0.717, 1.165) is 36.8 Å². The molecule has 0 bridgehead atoms. The van der Waals surface area contributed by atoms with Crippen LogP contribution in [0.2, 0.25) is 0 Å². The van der Waals surface area contributed by atoms with Gasteiger partial charge in [0.2, 0.25) is 5.91 Å². The number of hydrogen-bond donors (Lipinski definition) is 0. The standard InChI is InChI=1S/C22H26N2O/c1-2-3-4-11-16-22(25)24(18-19-12-7-5-8-13-19)21(17-23)20-14-9-6-10-15-20/h5-10,12-15,21H,2-4,11,16,18H2,1H3/t21-/m1/s1. The first-order chi connectivity index (χ1) is 12.3. The number of benzene rings is 2. The Morgan fingerprint density at radius 2 is 1.64 bits per heavy atom. The molecule has 0 aliphatic heterocycles. The molecule has 0 radical (unpaired) electrons. The van der Waals surface area contributed by atoms with E-state index in [4.69, 9.17) is 0 Å². The first-order valence-electron chi connectivity index (χ1n) is 9.04. The highest BCUT2D eigenvalue weighted by Gasteiger charge is 2.24. The maximum Gasteiger partial charge on any atom is 0.224 e. The number of rotatable bonds is 9. The van der Waals surface area contributed by atoms with Crippen LogP contribution < -0.4 is 0 Å². The molecule has 3 heteroatoms. The molecule has 0 unspecified atom stereocenters. The molecule has 0 N–H and O–H groups in total. The molecule has 3 nitrogen and oxygen atoms in total. The van der Waals surface area contributed by atoms with Crippen molar-refractivity contribution in [1.29, 1.82) is 5.26 Å². The second-order valence-electron chi connectivity index (χ2n) is 6.26. The number of nitriles is 1. The number of unbranched alkanes of at least 4 members (excludes halogenated alkanes) is 3. The van der Waals surface area contributed by atoms with Gasteiger partial charge in [-0.25, -0.2) is 0 Å². The monoisotopic (exact) mass is 334 g/mol. The second-order valence-corrected chi connectivity index (χ2v) is 6.26. The Labute approximate surface area is 150 Å². The van der Waals surface area contributed by atoms with Gasteiger partial charge in [0.05, 0.1) is 6.07 Å². The van der Waals surface area contributed by atoms with E-state index in [-0.39, 0.29) is 5.91 Å². The predicted molar refractivity (Wildman–Crippen MR) is 101 cm³/mol. The highest BCUT2D eigenvalue weighted by atomic mass is 16.2. The zero-order valence-electron chi connectivity index (χ0n) is 14.9. The van der Waals surface area contributed by atoms with Crippen LogP contribution in [0.1, 0.15) is 56.2 Å². The SMILES string of the molecule is CCCCCCC(=O)N(Cc1ccccc1)[C@H](C#N)c1ccccc1. The fourth-order valence-electron chi connectivity index (χ4n) is 2.91. The summed E-state index contributed by atoms with van der Waals surface area (Å²) in [6.07, 6.45) is 4.73. The summed E-state index contributed by atoms with van der Waals surface area (Å²) in [5, 5.41) is 9.74. The third-order valence-electron chi connectivity index (χ3n) is 4.31. The van der Waals surface area contributed by atoms with E-state index < -0.39 is 6.04 Å². The Morgan fingerprint density at radius 1 is 1.00 bits per heavy atom. The Hall–Kier alpha value is -2.60. The van der Waals surface area contributed by atoms with Crippen molar-refractivity contribution >= 4 is 5.91 Å². The highest BCUT2D eigenvalue weighted by molar-refractivity contribution is 5.77. The van der Waals surface area contributed by atoms with Crippen molar-refractivity contribution in [2.45, 2.75) is 51.6 Å². The number of carbonyl (C=O) groups excluding carboxylic acids is 1. The van der Waals surface area contributed by atoms with Gasteiger partial charge in [0, 0.05) is 13.0 Å². The molecule has 0 aromatic heterocycles. The Balaban J connectivity index is 2.18. The molecule has 0 fully saturated rings. The lowest BCUT2D eigenvalue weighted by Gasteiger charge is -2.28. The van der Waals surface area contributed by atoms with Crippen molar-refractivity contribution in [3.8, 4) is 6.07 Å². The summed E-state index contributed by atoms with van der Waals surface area (Å²) >= 11 is 0. The number of amides is 1. The maximum absolute atomic E-state index is 12.9. The van der Waals surface area contributed by atoms with Gasteiger partial charge in [-0.1, -0.05) is 86.8 Å². The summed E-state index contributed by atoms with van der Waals surface area (Å²) in [6.45, 7) is 2.62. The molecule has 130 valence electrons. The molecule has 0 heterocycles. The molecule has 0 saturated carbocycles. The van der Waals surface area contributed by atoms with Gasteiger partial charge in [-0.2, -0.15) is 5.26 Å². The summed E-state index contributed by atoms with van der Waals surface area (Å²) in [4.78, 5) is 14.6. The molecular weight excluding hydrogens is 308 g/mol. The highest BCUT2D eigenvalue weighted by Crippen LogP contribution is 2.24. The van der Waals surface area contributed by atoms with Crippen molar-refractivity contribution in [1.82, 2.24) is 4.90 Å². The van der Waals surface area contributed by atoms with Crippen molar-refractivity contribution in [2.24, 2.45) is 0 Å². The average molecular weight is 334 g/mol. The predicted octanol–water partition coefficient (Wildman–Crippen LogP) is 5.25. The molecule has 0 aliphatic rings. The topological polar surface area (TPSA) is 44.1 Å². The fourth-order valence-corrected chi connectivity index (χ4v) is 2.91. The zero-order chi connectivity index (χ0) is 17.9. The largest absolute Gasteiger partial charge is 0.318 e. The number of carbonyl (C=O) groups is 1. The molecule has 0 aliphatic carbocycles. The quantitative estimate of drug-likeness (QED) is 0.588. The molecule has 25 heavy (non-hydrogen) atoms. The first-order valence-corrected chi connectivity index (χ1v) is 9.04. The lowest BCUT2D eigenvalue weighted by atomic mass is 10.0. The van der Waals surface area contributed by atoms with E-state index in [1.807, 2.05) is 60.7 Å². The summed E-state index contributed by atoms with van der Waals surface area (Å²) in [6, 6.07) is 21.2. The molecule has 2 aromatic rings.